The monoisotopic (exact) mass is 548 g/mol. The van der Waals surface area contributed by atoms with Gasteiger partial charge in [0.1, 0.15) is 5.82 Å². The third-order valence-corrected chi connectivity index (χ3v) is 10.4. The Morgan fingerprint density at radius 1 is 1.11 bits per heavy atom. The van der Waals surface area contributed by atoms with E-state index in [0.29, 0.717) is 32.1 Å². The molecule has 0 spiro atoms. The van der Waals surface area contributed by atoms with Gasteiger partial charge in [0, 0.05) is 38.6 Å². The fourth-order valence-electron chi connectivity index (χ4n) is 5.25. The summed E-state index contributed by atoms with van der Waals surface area (Å²) in [5, 5.41) is 9.64. The molecule has 1 atom stereocenters. The Balaban J connectivity index is 1.36. The van der Waals surface area contributed by atoms with Crippen LogP contribution in [0.4, 0.5) is 11.5 Å². The number of nitrogens with zero attached hydrogens (tertiary/aromatic N) is 4. The van der Waals surface area contributed by atoms with Crippen LogP contribution in [0.25, 0.3) is 0 Å². The second kappa shape index (κ2) is 9.55. The number of carbonyl (C=O) groups excluding carboxylic acids is 1. The van der Waals surface area contributed by atoms with E-state index in [1.807, 2.05) is 13.1 Å². The van der Waals surface area contributed by atoms with Crippen molar-refractivity contribution in [1.82, 2.24) is 9.88 Å². The molecule has 12 heteroatoms. The molecule has 5 rings (SSSR count). The lowest BCUT2D eigenvalue weighted by molar-refractivity contribution is 0.0742. The zero-order chi connectivity index (χ0) is 26.5. The number of aromatic nitrogens is 1. The minimum Gasteiger partial charge on any atom is -0.394 e. The summed E-state index contributed by atoms with van der Waals surface area (Å²) in [7, 11) is -7.53. The maximum absolute atomic E-state index is 13.4. The summed E-state index contributed by atoms with van der Waals surface area (Å²) in [6.07, 6.45) is 5.62. The minimum atomic E-state index is -3.85. The summed E-state index contributed by atoms with van der Waals surface area (Å²) in [5.74, 6) is 0.992. The van der Waals surface area contributed by atoms with Crippen LogP contribution < -0.4 is 9.21 Å². The lowest BCUT2D eigenvalue weighted by Crippen LogP contribution is -2.49. The number of anilines is 2. The van der Waals surface area contributed by atoms with E-state index in [9.17, 15) is 26.7 Å². The fourth-order valence-corrected chi connectivity index (χ4v) is 7.97. The van der Waals surface area contributed by atoms with E-state index in [1.165, 1.54) is 36.6 Å². The molecule has 37 heavy (non-hydrogen) atoms. The van der Waals surface area contributed by atoms with Crippen molar-refractivity contribution in [2.45, 2.75) is 43.0 Å². The number of carbonyl (C=O) groups is 1. The van der Waals surface area contributed by atoms with E-state index in [2.05, 4.69) is 16.0 Å². The zero-order valence-electron chi connectivity index (χ0n) is 21.0. The highest BCUT2D eigenvalue weighted by atomic mass is 32.2. The predicted octanol–water partition coefficient (Wildman–Crippen LogP) is 1.53. The summed E-state index contributed by atoms with van der Waals surface area (Å²) in [5.41, 5.74) is 2.53. The Morgan fingerprint density at radius 2 is 1.81 bits per heavy atom. The van der Waals surface area contributed by atoms with Crippen LogP contribution in [0.1, 0.15) is 46.7 Å². The normalized spacial score (nSPS) is 21.9. The average Bonchev–Trinajstić information content (AvgIpc) is 3.66. The number of sulfonamides is 1. The van der Waals surface area contributed by atoms with Crippen LogP contribution in [0.2, 0.25) is 0 Å². The van der Waals surface area contributed by atoms with Gasteiger partial charge in [0.05, 0.1) is 34.5 Å². The van der Waals surface area contributed by atoms with Gasteiger partial charge in [-0.05, 0) is 61.4 Å². The summed E-state index contributed by atoms with van der Waals surface area (Å²) >= 11 is 0. The highest BCUT2D eigenvalue weighted by Crippen LogP contribution is 2.40. The molecule has 200 valence electrons. The molecule has 3 aliphatic rings. The van der Waals surface area contributed by atoms with Gasteiger partial charge in [-0.3, -0.25) is 9.10 Å². The van der Waals surface area contributed by atoms with Crippen LogP contribution >= 0.6 is 0 Å². The number of pyridine rings is 1. The molecule has 0 unspecified atom stereocenters. The van der Waals surface area contributed by atoms with E-state index in [1.54, 1.807) is 4.90 Å². The SMILES string of the molecule is Cc1cc(C2CC2)cnc1N1CCN(C(=O)c2ccc(N3[C@H](CO)CCS3(=O)=O)cc2S(C)(=O)=O)CC1. The number of aliphatic hydroxyl groups excluding tert-OH is 1. The summed E-state index contributed by atoms with van der Waals surface area (Å²) in [6, 6.07) is 5.59. The van der Waals surface area contributed by atoms with Gasteiger partial charge in [0.15, 0.2) is 9.84 Å². The smallest absolute Gasteiger partial charge is 0.255 e. The van der Waals surface area contributed by atoms with E-state index < -0.39 is 31.8 Å². The molecular formula is C25H32N4O6S2. The summed E-state index contributed by atoms with van der Waals surface area (Å²) < 4.78 is 51.5. The molecule has 2 aromatic rings. The van der Waals surface area contributed by atoms with Crippen molar-refractivity contribution >= 4 is 37.3 Å². The number of aliphatic hydroxyl groups is 1. The fraction of sp³-hybridized carbons (Fsp3) is 0.520. The Labute approximate surface area is 217 Å². The molecule has 0 bridgehead atoms. The molecule has 3 heterocycles. The van der Waals surface area contributed by atoms with E-state index >= 15 is 0 Å². The highest BCUT2D eigenvalue weighted by molar-refractivity contribution is 7.93. The van der Waals surface area contributed by atoms with Gasteiger partial charge >= 0.3 is 0 Å². The van der Waals surface area contributed by atoms with Gasteiger partial charge in [0.2, 0.25) is 10.0 Å². The summed E-state index contributed by atoms with van der Waals surface area (Å²) in [4.78, 5) is 21.7. The van der Waals surface area contributed by atoms with Crippen molar-refractivity contribution in [3.05, 3.63) is 47.2 Å². The van der Waals surface area contributed by atoms with Crippen molar-refractivity contribution in [2.75, 3.05) is 54.0 Å². The van der Waals surface area contributed by atoms with Crippen LogP contribution in [0, 0.1) is 6.92 Å². The van der Waals surface area contributed by atoms with Crippen LogP contribution in [0.3, 0.4) is 0 Å². The second-order valence-electron chi connectivity index (χ2n) is 10.2. The second-order valence-corrected chi connectivity index (χ2v) is 14.1. The standard InChI is InChI=1S/C25H32N4O6S2/c1-17-13-19(18-3-4-18)15-26-24(17)27-8-10-28(11-9-27)25(31)22-6-5-20(14-23(22)36(2,32)33)29-21(16-30)7-12-37(29,34)35/h5-6,13-15,18,21,30H,3-4,7-12,16H2,1-2H3/t21-/m0/s1. The largest absolute Gasteiger partial charge is 0.394 e. The van der Waals surface area contributed by atoms with Gasteiger partial charge in [-0.2, -0.15) is 0 Å². The summed E-state index contributed by atoms with van der Waals surface area (Å²) in [6.45, 7) is 3.62. The molecule has 1 aliphatic carbocycles. The lowest BCUT2D eigenvalue weighted by Gasteiger charge is -2.36. The topological polar surface area (TPSA) is 128 Å². The Bertz CT molecular complexity index is 1430. The van der Waals surface area contributed by atoms with E-state index in [-0.39, 0.29) is 34.9 Å². The average molecular weight is 549 g/mol. The Morgan fingerprint density at radius 3 is 2.41 bits per heavy atom. The van der Waals surface area contributed by atoms with Crippen molar-refractivity contribution in [1.29, 1.82) is 0 Å². The number of aryl methyl sites for hydroxylation is 1. The molecule has 1 aromatic carbocycles. The first-order valence-corrected chi connectivity index (χ1v) is 16.0. The number of rotatable bonds is 6. The van der Waals surface area contributed by atoms with Crippen LogP contribution in [-0.2, 0) is 19.9 Å². The first-order chi connectivity index (χ1) is 17.5. The van der Waals surface area contributed by atoms with Gasteiger partial charge in [0.25, 0.3) is 5.91 Å². The van der Waals surface area contributed by atoms with Crippen molar-refractivity contribution in [3.8, 4) is 0 Å². The highest BCUT2D eigenvalue weighted by Gasteiger charge is 2.38. The molecule has 10 nitrogen and oxygen atoms in total. The molecular weight excluding hydrogens is 516 g/mol. The Kier molecular flexibility index (Phi) is 6.70. The number of hydrogen-bond donors (Lipinski definition) is 1. The van der Waals surface area contributed by atoms with Crippen LogP contribution in [0.15, 0.2) is 35.4 Å². The molecule has 1 aromatic heterocycles. The van der Waals surface area contributed by atoms with E-state index in [0.717, 1.165) is 21.9 Å². The maximum atomic E-state index is 13.4. The minimum absolute atomic E-state index is 0.0138. The first kappa shape index (κ1) is 25.9. The third-order valence-electron chi connectivity index (χ3n) is 7.39. The van der Waals surface area contributed by atoms with Crippen LogP contribution in [-0.4, -0.2) is 88.6 Å². The van der Waals surface area contributed by atoms with Crippen molar-refractivity contribution in [3.63, 3.8) is 0 Å². The maximum Gasteiger partial charge on any atom is 0.255 e. The zero-order valence-corrected chi connectivity index (χ0v) is 22.6. The number of sulfone groups is 1. The van der Waals surface area contributed by atoms with Gasteiger partial charge < -0.3 is 14.9 Å². The van der Waals surface area contributed by atoms with E-state index in [4.69, 9.17) is 0 Å². The molecule has 3 fully saturated rings. The predicted molar refractivity (Wildman–Crippen MR) is 140 cm³/mol. The Hall–Kier alpha value is -2.70. The molecule has 0 radical (unpaired) electrons. The van der Waals surface area contributed by atoms with Gasteiger partial charge in [-0.25, -0.2) is 21.8 Å². The number of benzene rings is 1. The van der Waals surface area contributed by atoms with Crippen LogP contribution in [0.5, 0.6) is 0 Å². The van der Waals surface area contributed by atoms with Gasteiger partial charge in [-0.1, -0.05) is 6.07 Å². The molecule has 1 N–H and O–H groups in total. The number of hydrogen-bond acceptors (Lipinski definition) is 8. The van der Waals surface area contributed by atoms with Gasteiger partial charge in [-0.15, -0.1) is 0 Å². The molecule has 1 amide bonds. The molecule has 2 aliphatic heterocycles. The quantitative estimate of drug-likeness (QED) is 0.576. The van der Waals surface area contributed by atoms with Crippen molar-refractivity contribution in [2.24, 2.45) is 0 Å². The molecule has 1 saturated carbocycles. The molecule has 2 saturated heterocycles. The third kappa shape index (κ3) is 5.06. The lowest BCUT2D eigenvalue weighted by atomic mass is 10.1. The first-order valence-electron chi connectivity index (χ1n) is 12.5. The van der Waals surface area contributed by atoms with Crippen molar-refractivity contribution < 1.29 is 26.7 Å². The number of piperazine rings is 1. The number of amides is 1.